The average molecular weight is 250 g/mol. The number of hydrogen-bond donors (Lipinski definition) is 1. The molecular formula is C15H23FN2. The summed E-state index contributed by atoms with van der Waals surface area (Å²) < 4.78 is 13.7. The van der Waals surface area contributed by atoms with E-state index in [4.69, 9.17) is 0 Å². The van der Waals surface area contributed by atoms with Crippen molar-refractivity contribution in [2.24, 2.45) is 5.92 Å². The number of anilines is 1. The van der Waals surface area contributed by atoms with Crippen LogP contribution >= 0.6 is 0 Å². The van der Waals surface area contributed by atoms with E-state index in [1.807, 2.05) is 7.05 Å². The first-order valence-electron chi connectivity index (χ1n) is 6.81. The SMILES string of the molecule is CNCc1cc(F)cc(N(CC(C)C)C2CC2)c1. The standard InChI is InChI=1S/C15H23FN2/c1-11(2)10-18(14-4-5-14)15-7-12(9-17-3)6-13(16)8-15/h6-8,11,14,17H,4-5,9-10H2,1-3H3. The van der Waals surface area contributed by atoms with Crippen LogP contribution in [0.1, 0.15) is 32.3 Å². The first-order valence-corrected chi connectivity index (χ1v) is 6.81. The summed E-state index contributed by atoms with van der Waals surface area (Å²) in [6.45, 7) is 6.14. The van der Waals surface area contributed by atoms with Crippen LogP contribution in [0.5, 0.6) is 0 Å². The lowest BCUT2D eigenvalue weighted by molar-refractivity contribution is 0.598. The van der Waals surface area contributed by atoms with Crippen molar-refractivity contribution in [2.75, 3.05) is 18.5 Å². The second-order valence-electron chi connectivity index (χ2n) is 5.63. The highest BCUT2D eigenvalue weighted by atomic mass is 19.1. The normalized spacial score (nSPS) is 15.2. The maximum Gasteiger partial charge on any atom is 0.125 e. The molecule has 2 rings (SSSR count). The minimum absolute atomic E-state index is 0.132. The molecule has 2 nitrogen and oxygen atoms in total. The van der Waals surface area contributed by atoms with Gasteiger partial charge in [-0.3, -0.25) is 0 Å². The molecule has 0 amide bonds. The van der Waals surface area contributed by atoms with E-state index < -0.39 is 0 Å². The molecule has 0 unspecified atom stereocenters. The Kier molecular flexibility index (Phi) is 4.23. The molecule has 100 valence electrons. The fourth-order valence-corrected chi connectivity index (χ4v) is 2.35. The van der Waals surface area contributed by atoms with Crippen molar-refractivity contribution in [2.45, 2.75) is 39.3 Å². The molecule has 1 aromatic carbocycles. The topological polar surface area (TPSA) is 15.3 Å². The molecule has 18 heavy (non-hydrogen) atoms. The summed E-state index contributed by atoms with van der Waals surface area (Å²) in [4.78, 5) is 2.37. The van der Waals surface area contributed by atoms with Crippen LogP contribution in [0.15, 0.2) is 18.2 Å². The Balaban J connectivity index is 2.22. The highest BCUT2D eigenvalue weighted by Gasteiger charge is 2.29. The van der Waals surface area contributed by atoms with Gasteiger partial charge in [0, 0.05) is 24.8 Å². The summed E-state index contributed by atoms with van der Waals surface area (Å²) in [5.74, 6) is 0.466. The Bertz CT molecular complexity index is 399. The van der Waals surface area contributed by atoms with Gasteiger partial charge in [-0.2, -0.15) is 0 Å². The van der Waals surface area contributed by atoms with Crippen molar-refractivity contribution in [3.05, 3.63) is 29.6 Å². The number of halogens is 1. The molecule has 0 heterocycles. The van der Waals surface area contributed by atoms with Crippen LogP contribution in [-0.4, -0.2) is 19.6 Å². The Labute approximate surface area is 109 Å². The van der Waals surface area contributed by atoms with Crippen LogP contribution in [0.25, 0.3) is 0 Å². The summed E-state index contributed by atoms with van der Waals surface area (Å²) in [7, 11) is 1.89. The predicted molar refractivity (Wildman–Crippen MR) is 74.4 cm³/mol. The minimum Gasteiger partial charge on any atom is -0.368 e. The third kappa shape index (κ3) is 3.45. The monoisotopic (exact) mass is 250 g/mol. The average Bonchev–Trinajstić information content (AvgIpc) is 3.09. The second-order valence-corrected chi connectivity index (χ2v) is 5.63. The van der Waals surface area contributed by atoms with Gasteiger partial charge < -0.3 is 10.2 Å². The molecule has 0 aromatic heterocycles. The van der Waals surface area contributed by atoms with E-state index in [-0.39, 0.29) is 5.82 Å². The summed E-state index contributed by atoms with van der Waals surface area (Å²) in [6, 6.07) is 6.01. The molecule has 0 atom stereocenters. The summed E-state index contributed by atoms with van der Waals surface area (Å²) in [5, 5.41) is 3.08. The first-order chi connectivity index (χ1) is 8.60. The van der Waals surface area contributed by atoms with Crippen molar-refractivity contribution < 1.29 is 4.39 Å². The van der Waals surface area contributed by atoms with E-state index >= 15 is 0 Å². The fourth-order valence-electron chi connectivity index (χ4n) is 2.35. The zero-order valence-corrected chi connectivity index (χ0v) is 11.5. The molecule has 1 aliphatic carbocycles. The number of nitrogens with one attached hydrogen (secondary N) is 1. The van der Waals surface area contributed by atoms with Crippen molar-refractivity contribution >= 4 is 5.69 Å². The Morgan fingerprint density at radius 1 is 1.33 bits per heavy atom. The summed E-state index contributed by atoms with van der Waals surface area (Å²) in [5.41, 5.74) is 2.05. The maximum absolute atomic E-state index is 13.7. The first kappa shape index (κ1) is 13.3. The number of nitrogens with zero attached hydrogens (tertiary/aromatic N) is 1. The molecule has 1 N–H and O–H groups in total. The molecule has 3 heteroatoms. The third-order valence-corrected chi connectivity index (χ3v) is 3.20. The van der Waals surface area contributed by atoms with Crippen LogP contribution in [0, 0.1) is 11.7 Å². The Morgan fingerprint density at radius 3 is 2.61 bits per heavy atom. The van der Waals surface area contributed by atoms with Gasteiger partial charge >= 0.3 is 0 Å². The van der Waals surface area contributed by atoms with Gasteiger partial charge in [0.2, 0.25) is 0 Å². The highest BCUT2D eigenvalue weighted by Crippen LogP contribution is 2.33. The Hall–Kier alpha value is -1.09. The molecule has 1 aromatic rings. The van der Waals surface area contributed by atoms with E-state index in [9.17, 15) is 4.39 Å². The lowest BCUT2D eigenvalue weighted by Gasteiger charge is -2.27. The van der Waals surface area contributed by atoms with Crippen molar-refractivity contribution in [1.29, 1.82) is 0 Å². The summed E-state index contributed by atoms with van der Waals surface area (Å²) >= 11 is 0. The zero-order valence-electron chi connectivity index (χ0n) is 11.5. The van der Waals surface area contributed by atoms with Gasteiger partial charge in [0.1, 0.15) is 5.82 Å². The van der Waals surface area contributed by atoms with Crippen LogP contribution in [-0.2, 0) is 6.54 Å². The van der Waals surface area contributed by atoms with Gasteiger partial charge in [0.05, 0.1) is 0 Å². The van der Waals surface area contributed by atoms with Crippen LogP contribution < -0.4 is 10.2 Å². The molecule has 1 saturated carbocycles. The second kappa shape index (κ2) is 5.70. The van der Waals surface area contributed by atoms with Crippen molar-refractivity contribution in [3.63, 3.8) is 0 Å². The van der Waals surface area contributed by atoms with Gasteiger partial charge in [-0.25, -0.2) is 4.39 Å². The zero-order chi connectivity index (χ0) is 13.1. The summed E-state index contributed by atoms with van der Waals surface area (Å²) in [6.07, 6.45) is 2.48. The van der Waals surface area contributed by atoms with Crippen molar-refractivity contribution in [1.82, 2.24) is 5.32 Å². The lowest BCUT2D eigenvalue weighted by Crippen LogP contribution is -2.30. The molecule has 1 fully saturated rings. The predicted octanol–water partition coefficient (Wildman–Crippen LogP) is 3.17. The molecule has 0 spiro atoms. The molecular weight excluding hydrogens is 227 g/mol. The van der Waals surface area contributed by atoms with Gasteiger partial charge in [-0.15, -0.1) is 0 Å². The van der Waals surface area contributed by atoms with E-state index in [1.54, 1.807) is 12.1 Å². The third-order valence-electron chi connectivity index (χ3n) is 3.20. The van der Waals surface area contributed by atoms with Crippen LogP contribution in [0.4, 0.5) is 10.1 Å². The van der Waals surface area contributed by atoms with E-state index in [1.165, 1.54) is 12.8 Å². The van der Waals surface area contributed by atoms with Gasteiger partial charge in [-0.1, -0.05) is 13.8 Å². The Morgan fingerprint density at radius 2 is 2.06 bits per heavy atom. The maximum atomic E-state index is 13.7. The van der Waals surface area contributed by atoms with E-state index in [2.05, 4.69) is 30.1 Å². The van der Waals surface area contributed by atoms with Gasteiger partial charge in [0.15, 0.2) is 0 Å². The highest BCUT2D eigenvalue weighted by molar-refractivity contribution is 5.51. The number of hydrogen-bond acceptors (Lipinski definition) is 2. The van der Waals surface area contributed by atoms with Crippen molar-refractivity contribution in [3.8, 4) is 0 Å². The lowest BCUT2D eigenvalue weighted by atomic mass is 10.1. The fraction of sp³-hybridized carbons (Fsp3) is 0.600. The van der Waals surface area contributed by atoms with Gasteiger partial charge in [0.25, 0.3) is 0 Å². The molecule has 0 bridgehead atoms. The number of benzene rings is 1. The molecule has 0 radical (unpaired) electrons. The molecule has 0 saturated heterocycles. The van der Waals surface area contributed by atoms with E-state index in [0.717, 1.165) is 17.8 Å². The molecule has 0 aliphatic heterocycles. The minimum atomic E-state index is -0.132. The largest absolute Gasteiger partial charge is 0.368 e. The smallest absolute Gasteiger partial charge is 0.125 e. The van der Waals surface area contributed by atoms with Crippen LogP contribution in [0.2, 0.25) is 0 Å². The quantitative estimate of drug-likeness (QED) is 0.834. The van der Waals surface area contributed by atoms with Crippen LogP contribution in [0.3, 0.4) is 0 Å². The molecule has 1 aliphatic rings. The number of rotatable bonds is 6. The van der Waals surface area contributed by atoms with Gasteiger partial charge in [-0.05, 0) is 49.6 Å². The van der Waals surface area contributed by atoms with E-state index in [0.29, 0.717) is 18.5 Å².